The van der Waals surface area contributed by atoms with E-state index in [0.717, 1.165) is 5.56 Å². The maximum absolute atomic E-state index is 12.6. The summed E-state index contributed by atoms with van der Waals surface area (Å²) in [6, 6.07) is 13.6. The van der Waals surface area contributed by atoms with E-state index in [9.17, 15) is 9.90 Å². The first-order chi connectivity index (χ1) is 13.0. The third-order valence-corrected chi connectivity index (χ3v) is 3.91. The van der Waals surface area contributed by atoms with Crippen LogP contribution in [0.2, 0.25) is 0 Å². The Hall–Kier alpha value is -3.55. The van der Waals surface area contributed by atoms with Gasteiger partial charge in [0.15, 0.2) is 0 Å². The van der Waals surface area contributed by atoms with E-state index >= 15 is 0 Å². The molecule has 2 rings (SSSR count). The Morgan fingerprint density at radius 2 is 2.00 bits per heavy atom. The number of benzene rings is 2. The van der Waals surface area contributed by atoms with Crippen molar-refractivity contribution in [3.63, 3.8) is 0 Å². The molecule has 0 unspecified atom stereocenters. The van der Waals surface area contributed by atoms with E-state index in [2.05, 4.69) is 16.7 Å². The number of hydrogen-bond donors (Lipinski definition) is 3. The Balaban J connectivity index is 2.20. The molecule has 0 aliphatic heterocycles. The molecule has 0 aliphatic carbocycles. The molecule has 2 aromatic carbocycles. The maximum Gasteiger partial charge on any atom is 0.253 e. The third-order valence-electron chi connectivity index (χ3n) is 3.91. The summed E-state index contributed by atoms with van der Waals surface area (Å²) in [6.07, 6.45) is 0. The summed E-state index contributed by atoms with van der Waals surface area (Å²) in [5.41, 5.74) is 2.33. The van der Waals surface area contributed by atoms with E-state index in [1.54, 1.807) is 37.3 Å². The van der Waals surface area contributed by atoms with Gasteiger partial charge in [0, 0.05) is 18.3 Å². The standard InChI is InChI=1S/C20H20N4O3/c1-13(12-25)24-18-5-3-14(9-21)8-17(18)20(26)23-11-15-4-6-19(27-2)16(7-15)10-22/h3-8,13,24-25H,11-12H2,1-2H3,(H,23,26)/t13-/m0/s1. The molecule has 0 spiro atoms. The van der Waals surface area contributed by atoms with Crippen LogP contribution in [0.25, 0.3) is 0 Å². The first-order valence-corrected chi connectivity index (χ1v) is 8.29. The number of anilines is 1. The van der Waals surface area contributed by atoms with Crippen molar-refractivity contribution < 1.29 is 14.6 Å². The summed E-state index contributed by atoms with van der Waals surface area (Å²) < 4.78 is 5.11. The smallest absolute Gasteiger partial charge is 0.253 e. The van der Waals surface area contributed by atoms with Gasteiger partial charge in [-0.3, -0.25) is 4.79 Å². The number of methoxy groups -OCH3 is 1. The van der Waals surface area contributed by atoms with Gasteiger partial charge in [-0.2, -0.15) is 10.5 Å². The normalized spacial score (nSPS) is 11.0. The highest BCUT2D eigenvalue weighted by atomic mass is 16.5. The Labute approximate surface area is 157 Å². The van der Waals surface area contributed by atoms with Crippen LogP contribution in [-0.4, -0.2) is 30.8 Å². The van der Waals surface area contributed by atoms with Gasteiger partial charge in [-0.05, 0) is 42.8 Å². The van der Waals surface area contributed by atoms with Crippen molar-refractivity contribution in [2.45, 2.75) is 19.5 Å². The first kappa shape index (κ1) is 19.8. The Morgan fingerprint density at radius 1 is 1.22 bits per heavy atom. The summed E-state index contributed by atoms with van der Waals surface area (Å²) in [5, 5.41) is 33.3. The lowest BCUT2D eigenvalue weighted by atomic mass is 10.1. The molecule has 1 amide bonds. The average molecular weight is 364 g/mol. The molecule has 0 bridgehead atoms. The van der Waals surface area contributed by atoms with Crippen molar-refractivity contribution in [2.75, 3.05) is 19.0 Å². The van der Waals surface area contributed by atoms with Crippen molar-refractivity contribution in [1.82, 2.24) is 5.32 Å². The van der Waals surface area contributed by atoms with Crippen molar-refractivity contribution in [3.8, 4) is 17.9 Å². The van der Waals surface area contributed by atoms with Gasteiger partial charge < -0.3 is 20.5 Å². The van der Waals surface area contributed by atoms with E-state index in [0.29, 0.717) is 28.1 Å². The van der Waals surface area contributed by atoms with Crippen molar-refractivity contribution in [2.24, 2.45) is 0 Å². The molecule has 7 heteroatoms. The summed E-state index contributed by atoms with van der Waals surface area (Å²) in [6.45, 7) is 1.90. The number of rotatable bonds is 7. The average Bonchev–Trinajstić information content (AvgIpc) is 2.71. The molecule has 1 atom stereocenters. The Bertz CT molecular complexity index is 912. The molecule has 0 saturated carbocycles. The Kier molecular flexibility index (Phi) is 6.76. The van der Waals surface area contributed by atoms with Gasteiger partial charge in [0.2, 0.25) is 0 Å². The molecule has 0 aromatic heterocycles. The van der Waals surface area contributed by atoms with Gasteiger partial charge >= 0.3 is 0 Å². The minimum atomic E-state index is -0.367. The molecular weight excluding hydrogens is 344 g/mol. The van der Waals surface area contributed by atoms with Crippen LogP contribution in [0.5, 0.6) is 5.75 Å². The van der Waals surface area contributed by atoms with Crippen molar-refractivity contribution in [1.29, 1.82) is 10.5 Å². The monoisotopic (exact) mass is 364 g/mol. The highest BCUT2D eigenvalue weighted by Crippen LogP contribution is 2.20. The van der Waals surface area contributed by atoms with Gasteiger partial charge in [-0.15, -0.1) is 0 Å². The number of nitrogens with one attached hydrogen (secondary N) is 2. The van der Waals surface area contributed by atoms with Crippen LogP contribution in [0, 0.1) is 22.7 Å². The molecule has 3 N–H and O–H groups in total. The predicted octanol–water partition coefficient (Wildman–Crippen LogP) is 2.16. The highest BCUT2D eigenvalue weighted by molar-refractivity contribution is 6.00. The van der Waals surface area contributed by atoms with Crippen LogP contribution >= 0.6 is 0 Å². The lowest BCUT2D eigenvalue weighted by Crippen LogP contribution is -2.26. The van der Waals surface area contributed by atoms with Crippen molar-refractivity contribution in [3.05, 3.63) is 58.7 Å². The lowest BCUT2D eigenvalue weighted by Gasteiger charge is -2.16. The molecule has 7 nitrogen and oxygen atoms in total. The number of nitrogens with zero attached hydrogens (tertiary/aromatic N) is 2. The molecule has 138 valence electrons. The minimum Gasteiger partial charge on any atom is -0.495 e. The Morgan fingerprint density at radius 3 is 2.63 bits per heavy atom. The van der Waals surface area contributed by atoms with Crippen molar-refractivity contribution >= 4 is 11.6 Å². The number of carbonyl (C=O) groups excluding carboxylic acids is 1. The number of aliphatic hydroxyl groups excluding tert-OH is 1. The number of carbonyl (C=O) groups is 1. The number of amides is 1. The number of hydrogen-bond acceptors (Lipinski definition) is 6. The van der Waals surface area contributed by atoms with Crippen LogP contribution in [0.1, 0.15) is 34.0 Å². The SMILES string of the molecule is COc1ccc(CNC(=O)c2cc(C#N)ccc2N[C@@H](C)CO)cc1C#N. The van der Waals surface area contributed by atoms with E-state index in [-0.39, 0.29) is 25.1 Å². The molecule has 0 aliphatic rings. The summed E-state index contributed by atoms with van der Waals surface area (Å²) in [5.74, 6) is 0.104. The summed E-state index contributed by atoms with van der Waals surface area (Å²) >= 11 is 0. The van der Waals surface area contributed by atoms with Crippen LogP contribution in [0.4, 0.5) is 5.69 Å². The fourth-order valence-electron chi connectivity index (χ4n) is 2.47. The summed E-state index contributed by atoms with van der Waals surface area (Å²) in [7, 11) is 1.49. The molecule has 0 saturated heterocycles. The summed E-state index contributed by atoms with van der Waals surface area (Å²) in [4.78, 5) is 12.6. The van der Waals surface area contributed by atoms with E-state index in [1.807, 2.05) is 6.07 Å². The van der Waals surface area contributed by atoms with Crippen LogP contribution in [0.15, 0.2) is 36.4 Å². The molecule has 0 heterocycles. The third kappa shape index (κ3) is 4.97. The first-order valence-electron chi connectivity index (χ1n) is 8.29. The second kappa shape index (κ2) is 9.23. The second-order valence-electron chi connectivity index (χ2n) is 5.93. The quantitative estimate of drug-likeness (QED) is 0.693. The van der Waals surface area contributed by atoms with Gasteiger partial charge in [0.1, 0.15) is 11.8 Å². The van der Waals surface area contributed by atoms with Crippen LogP contribution in [-0.2, 0) is 6.54 Å². The van der Waals surface area contributed by atoms with E-state index in [1.165, 1.54) is 13.2 Å². The van der Waals surface area contributed by atoms with Gasteiger partial charge in [0.05, 0.1) is 36.5 Å². The zero-order valence-corrected chi connectivity index (χ0v) is 15.1. The van der Waals surface area contributed by atoms with E-state index in [4.69, 9.17) is 15.3 Å². The van der Waals surface area contributed by atoms with Gasteiger partial charge in [0.25, 0.3) is 5.91 Å². The highest BCUT2D eigenvalue weighted by Gasteiger charge is 2.14. The fourth-order valence-corrected chi connectivity index (χ4v) is 2.47. The number of aliphatic hydroxyl groups is 1. The zero-order chi connectivity index (χ0) is 19.8. The largest absolute Gasteiger partial charge is 0.495 e. The maximum atomic E-state index is 12.6. The van der Waals surface area contributed by atoms with Gasteiger partial charge in [-0.1, -0.05) is 6.07 Å². The van der Waals surface area contributed by atoms with E-state index < -0.39 is 0 Å². The number of nitriles is 2. The fraction of sp³-hybridized carbons (Fsp3) is 0.250. The van der Waals surface area contributed by atoms with Crippen LogP contribution in [0.3, 0.4) is 0 Å². The van der Waals surface area contributed by atoms with Crippen LogP contribution < -0.4 is 15.4 Å². The molecule has 27 heavy (non-hydrogen) atoms. The zero-order valence-electron chi connectivity index (χ0n) is 15.1. The van der Waals surface area contributed by atoms with Gasteiger partial charge in [-0.25, -0.2) is 0 Å². The second-order valence-corrected chi connectivity index (χ2v) is 5.93. The predicted molar refractivity (Wildman–Crippen MR) is 100 cm³/mol. The molecule has 0 radical (unpaired) electrons. The lowest BCUT2D eigenvalue weighted by molar-refractivity contribution is 0.0951. The topological polar surface area (TPSA) is 118 Å². The minimum absolute atomic E-state index is 0.0934. The molecule has 0 fully saturated rings. The number of ether oxygens (including phenoxy) is 1. The molecular formula is C20H20N4O3. The molecule has 2 aromatic rings.